The third-order valence-corrected chi connectivity index (χ3v) is 11.5. The molecule has 0 saturated heterocycles. The molecule has 9 aromatic rings. The highest BCUT2D eigenvalue weighted by Crippen LogP contribution is 2.46. The van der Waals surface area contributed by atoms with Crippen LogP contribution < -0.4 is 4.90 Å². The molecule has 2 heterocycles. The SMILES string of the molecule is [C-]#[N+]c1ccc(-c2ccc3c(c2)c2cc(-c4ccc(C#N)cc4[N+]#[C-])ccc2n3-c2cccc3c2C(=O)N(c2c(-c4ccccc4)cccc2-c2ccccc2)C3=O)c(C#N)c1. The van der Waals surface area contributed by atoms with Gasteiger partial charge in [0.25, 0.3) is 11.8 Å². The molecule has 0 spiro atoms. The van der Waals surface area contributed by atoms with Crippen molar-refractivity contribution in [3.05, 3.63) is 215 Å². The molecule has 62 heavy (non-hydrogen) atoms. The number of fused-ring (bicyclic) bond motifs is 4. The average molecular weight is 793 g/mol. The first kappa shape index (κ1) is 37.0. The average Bonchev–Trinajstić information content (AvgIpc) is 3.80. The summed E-state index contributed by atoms with van der Waals surface area (Å²) in [4.78, 5) is 38.7. The number of imide groups is 1. The normalized spacial score (nSPS) is 11.8. The van der Waals surface area contributed by atoms with Crippen LogP contribution >= 0.6 is 0 Å². The second kappa shape index (κ2) is 14.8. The minimum absolute atomic E-state index is 0.259. The van der Waals surface area contributed by atoms with E-state index >= 15 is 4.79 Å². The fourth-order valence-electron chi connectivity index (χ4n) is 8.64. The highest BCUT2D eigenvalue weighted by molar-refractivity contribution is 6.37. The lowest BCUT2D eigenvalue weighted by atomic mass is 9.95. The van der Waals surface area contributed by atoms with Gasteiger partial charge in [0.05, 0.1) is 58.8 Å². The summed E-state index contributed by atoms with van der Waals surface area (Å²) in [6, 6.07) is 56.7. The first-order chi connectivity index (χ1) is 30.4. The lowest BCUT2D eigenvalue weighted by Gasteiger charge is -2.23. The molecule has 0 bridgehead atoms. The molecule has 0 aliphatic carbocycles. The van der Waals surface area contributed by atoms with E-state index in [2.05, 4.69) is 21.8 Å². The first-order valence-corrected chi connectivity index (χ1v) is 19.6. The smallest absolute Gasteiger partial charge is 0.268 e. The molecule has 10 rings (SSSR count). The Labute approximate surface area is 356 Å². The summed E-state index contributed by atoms with van der Waals surface area (Å²) >= 11 is 0. The third-order valence-electron chi connectivity index (χ3n) is 11.5. The Morgan fingerprint density at radius 3 is 1.68 bits per heavy atom. The lowest BCUT2D eigenvalue weighted by molar-refractivity contribution is 0.0926. The Kier molecular flexibility index (Phi) is 8.82. The predicted octanol–water partition coefficient (Wildman–Crippen LogP) is 13.1. The Morgan fingerprint density at radius 2 is 1.08 bits per heavy atom. The van der Waals surface area contributed by atoms with Crippen LogP contribution in [0.2, 0.25) is 0 Å². The zero-order valence-corrected chi connectivity index (χ0v) is 32.7. The number of anilines is 1. The lowest BCUT2D eigenvalue weighted by Crippen LogP contribution is -2.30. The third kappa shape index (κ3) is 5.81. The molecule has 0 radical (unpaired) electrons. The molecular formula is C54H28N6O2. The molecule has 1 aliphatic heterocycles. The second-order valence-corrected chi connectivity index (χ2v) is 14.8. The zero-order chi connectivity index (χ0) is 42.5. The summed E-state index contributed by atoms with van der Waals surface area (Å²) in [5.74, 6) is -0.889. The topological polar surface area (TPSA) is 98.6 Å². The van der Waals surface area contributed by atoms with Gasteiger partial charge < -0.3 is 4.57 Å². The van der Waals surface area contributed by atoms with Gasteiger partial charge in [-0.25, -0.2) is 14.6 Å². The van der Waals surface area contributed by atoms with E-state index in [1.807, 2.05) is 126 Å². The number of para-hydroxylation sites is 1. The van der Waals surface area contributed by atoms with E-state index in [1.54, 1.807) is 48.5 Å². The maximum absolute atomic E-state index is 15.3. The number of nitrogens with zero attached hydrogens (tertiary/aromatic N) is 6. The van der Waals surface area contributed by atoms with Crippen LogP contribution in [-0.2, 0) is 0 Å². The molecule has 286 valence electrons. The summed E-state index contributed by atoms with van der Waals surface area (Å²) in [5, 5.41) is 21.3. The molecule has 0 fully saturated rings. The van der Waals surface area contributed by atoms with Crippen molar-refractivity contribution in [1.29, 1.82) is 10.5 Å². The van der Waals surface area contributed by atoms with Gasteiger partial charge in [0.1, 0.15) is 0 Å². The summed E-state index contributed by atoms with van der Waals surface area (Å²) in [6.07, 6.45) is 0. The van der Waals surface area contributed by atoms with Crippen molar-refractivity contribution in [2.75, 3.05) is 4.90 Å². The van der Waals surface area contributed by atoms with Gasteiger partial charge >= 0.3 is 0 Å². The van der Waals surface area contributed by atoms with Crippen LogP contribution in [0.1, 0.15) is 31.8 Å². The molecule has 0 unspecified atom stereocenters. The zero-order valence-electron chi connectivity index (χ0n) is 32.7. The Hall–Kier alpha value is -9.34. The number of amides is 2. The van der Waals surface area contributed by atoms with Crippen LogP contribution in [0.4, 0.5) is 17.1 Å². The molecule has 0 N–H and O–H groups in total. The summed E-state index contributed by atoms with van der Waals surface area (Å²) in [7, 11) is 0. The molecule has 2 amide bonds. The minimum Gasteiger partial charge on any atom is -0.308 e. The van der Waals surface area contributed by atoms with E-state index < -0.39 is 11.8 Å². The summed E-state index contributed by atoms with van der Waals surface area (Å²) in [5.41, 5.74) is 10.5. The van der Waals surface area contributed by atoms with Gasteiger partial charge in [-0.15, -0.1) is 0 Å². The molecule has 0 saturated carbocycles. The quantitative estimate of drug-likeness (QED) is 0.124. The number of carbonyl (C=O) groups excluding carboxylic acids is 2. The number of carbonyl (C=O) groups is 2. The molecule has 1 aromatic heterocycles. The molecule has 8 aromatic carbocycles. The van der Waals surface area contributed by atoms with Crippen LogP contribution in [-0.4, -0.2) is 16.4 Å². The highest BCUT2D eigenvalue weighted by Gasteiger charge is 2.41. The second-order valence-electron chi connectivity index (χ2n) is 14.8. The van der Waals surface area contributed by atoms with Crippen molar-refractivity contribution in [3.63, 3.8) is 0 Å². The highest BCUT2D eigenvalue weighted by atomic mass is 16.2. The van der Waals surface area contributed by atoms with Gasteiger partial charge in [-0.1, -0.05) is 115 Å². The van der Waals surface area contributed by atoms with E-state index in [4.69, 9.17) is 13.1 Å². The minimum atomic E-state index is -0.456. The Bertz CT molecular complexity index is 3370. The predicted molar refractivity (Wildman–Crippen MR) is 242 cm³/mol. The van der Waals surface area contributed by atoms with E-state index in [0.29, 0.717) is 45.0 Å². The van der Waals surface area contributed by atoms with Crippen LogP contribution in [0.15, 0.2) is 170 Å². The van der Waals surface area contributed by atoms with E-state index in [1.165, 1.54) is 4.90 Å². The summed E-state index contributed by atoms with van der Waals surface area (Å²) in [6.45, 7) is 15.4. The monoisotopic (exact) mass is 792 g/mol. The van der Waals surface area contributed by atoms with Gasteiger partial charge in [-0.2, -0.15) is 10.5 Å². The number of nitriles is 2. The molecular weight excluding hydrogens is 765 g/mol. The molecule has 0 atom stereocenters. The van der Waals surface area contributed by atoms with Crippen molar-refractivity contribution >= 4 is 50.7 Å². The number of benzene rings is 8. The van der Waals surface area contributed by atoms with Crippen molar-refractivity contribution < 1.29 is 9.59 Å². The van der Waals surface area contributed by atoms with E-state index in [-0.39, 0.29) is 11.1 Å². The van der Waals surface area contributed by atoms with Gasteiger partial charge in [0, 0.05) is 33.0 Å². The fourth-order valence-corrected chi connectivity index (χ4v) is 8.64. The van der Waals surface area contributed by atoms with Crippen LogP contribution in [0.3, 0.4) is 0 Å². The van der Waals surface area contributed by atoms with Gasteiger partial charge in [0.15, 0.2) is 11.4 Å². The maximum Gasteiger partial charge on any atom is 0.268 e. The largest absolute Gasteiger partial charge is 0.308 e. The summed E-state index contributed by atoms with van der Waals surface area (Å²) < 4.78 is 1.99. The van der Waals surface area contributed by atoms with Gasteiger partial charge in [-0.05, 0) is 88.0 Å². The fraction of sp³-hybridized carbons (Fsp3) is 0. The van der Waals surface area contributed by atoms with Crippen molar-refractivity contribution in [1.82, 2.24) is 4.57 Å². The van der Waals surface area contributed by atoms with Crippen LogP contribution in [0, 0.1) is 35.8 Å². The standard InChI is InChI=1S/C54H28N6O2/c1-57-39-22-24-40(38(28-39)32-56)36-20-25-48-45(29-36)46-30-37(41-23-19-33(31-55)27-47(41)58-2)21-26-49(46)59(48)50-18-10-17-44-51(50)54(62)60(53(44)61)52-42(34-11-5-3-6-12-34)15-9-16-43(52)35-13-7-4-8-14-35/h3-30H. The van der Waals surface area contributed by atoms with Crippen molar-refractivity contribution in [3.8, 4) is 62.3 Å². The van der Waals surface area contributed by atoms with Crippen molar-refractivity contribution in [2.45, 2.75) is 0 Å². The van der Waals surface area contributed by atoms with E-state index in [0.717, 1.165) is 55.2 Å². The number of rotatable bonds is 6. The van der Waals surface area contributed by atoms with E-state index in [9.17, 15) is 15.3 Å². The van der Waals surface area contributed by atoms with Crippen molar-refractivity contribution in [2.24, 2.45) is 0 Å². The number of hydrogen-bond donors (Lipinski definition) is 0. The Morgan fingerprint density at radius 1 is 0.484 bits per heavy atom. The van der Waals surface area contributed by atoms with Gasteiger partial charge in [-0.3, -0.25) is 9.59 Å². The number of hydrogen-bond acceptors (Lipinski definition) is 4. The maximum atomic E-state index is 15.3. The van der Waals surface area contributed by atoms with Crippen LogP contribution in [0.25, 0.3) is 81.7 Å². The molecule has 8 heteroatoms. The van der Waals surface area contributed by atoms with Crippen LogP contribution in [0.5, 0.6) is 0 Å². The molecule has 1 aliphatic rings. The molecule has 8 nitrogen and oxygen atoms in total. The Balaban J connectivity index is 1.22. The van der Waals surface area contributed by atoms with Gasteiger partial charge in [0.2, 0.25) is 0 Å². The first-order valence-electron chi connectivity index (χ1n) is 19.6. The number of aromatic nitrogens is 1.